The maximum atomic E-state index is 5.85. The normalized spacial score (nSPS) is 12.8. The maximum absolute atomic E-state index is 5.85. The van der Waals surface area contributed by atoms with E-state index in [2.05, 4.69) is 16.9 Å². The Balaban J connectivity index is 2.41. The van der Waals surface area contributed by atoms with Crippen LogP contribution in [0.3, 0.4) is 0 Å². The standard InChI is InChI=1S/C9H15N3/c1-2-3-8(10)6-9-7-11-4-5-12-9/h4-5,7-8H,2-3,6,10H2,1H3. The first kappa shape index (κ1) is 9.13. The highest BCUT2D eigenvalue weighted by Crippen LogP contribution is 2.00. The van der Waals surface area contributed by atoms with Crippen LogP contribution >= 0.6 is 0 Å². The molecule has 0 spiro atoms. The van der Waals surface area contributed by atoms with Crippen molar-refractivity contribution in [2.24, 2.45) is 5.73 Å². The van der Waals surface area contributed by atoms with E-state index in [4.69, 9.17) is 5.73 Å². The van der Waals surface area contributed by atoms with Crippen molar-refractivity contribution in [3.8, 4) is 0 Å². The van der Waals surface area contributed by atoms with Gasteiger partial charge in [0, 0.05) is 31.1 Å². The molecular weight excluding hydrogens is 150 g/mol. The third kappa shape index (κ3) is 2.96. The van der Waals surface area contributed by atoms with E-state index in [9.17, 15) is 0 Å². The third-order valence-corrected chi connectivity index (χ3v) is 1.75. The lowest BCUT2D eigenvalue weighted by molar-refractivity contribution is 0.592. The van der Waals surface area contributed by atoms with Crippen LogP contribution in [0, 0.1) is 0 Å². The van der Waals surface area contributed by atoms with Gasteiger partial charge in [-0.2, -0.15) is 0 Å². The van der Waals surface area contributed by atoms with Crippen molar-refractivity contribution in [3.05, 3.63) is 24.3 Å². The molecule has 0 saturated heterocycles. The summed E-state index contributed by atoms with van der Waals surface area (Å²) in [6.07, 6.45) is 8.16. The van der Waals surface area contributed by atoms with Crippen molar-refractivity contribution >= 4 is 0 Å². The molecule has 0 radical (unpaired) electrons. The lowest BCUT2D eigenvalue weighted by atomic mass is 10.1. The van der Waals surface area contributed by atoms with Gasteiger partial charge in [0.05, 0.1) is 5.69 Å². The van der Waals surface area contributed by atoms with Gasteiger partial charge >= 0.3 is 0 Å². The van der Waals surface area contributed by atoms with E-state index < -0.39 is 0 Å². The van der Waals surface area contributed by atoms with Gasteiger partial charge in [0.15, 0.2) is 0 Å². The Morgan fingerprint density at radius 2 is 2.33 bits per heavy atom. The van der Waals surface area contributed by atoms with Crippen LogP contribution in [0.15, 0.2) is 18.6 Å². The van der Waals surface area contributed by atoms with Crippen molar-refractivity contribution < 1.29 is 0 Å². The first-order valence-electron chi connectivity index (χ1n) is 4.33. The SMILES string of the molecule is CCCC(N)Cc1cnccn1. The van der Waals surface area contributed by atoms with Crippen molar-refractivity contribution in [1.29, 1.82) is 0 Å². The van der Waals surface area contributed by atoms with E-state index in [1.807, 2.05) is 0 Å². The van der Waals surface area contributed by atoms with Crippen LogP contribution in [0.2, 0.25) is 0 Å². The Bertz CT molecular complexity index is 210. The molecule has 2 N–H and O–H groups in total. The summed E-state index contributed by atoms with van der Waals surface area (Å²) < 4.78 is 0. The molecule has 1 rings (SSSR count). The Kier molecular flexibility index (Phi) is 3.67. The molecule has 12 heavy (non-hydrogen) atoms. The van der Waals surface area contributed by atoms with E-state index in [1.54, 1.807) is 18.6 Å². The van der Waals surface area contributed by atoms with Gasteiger partial charge in [0.1, 0.15) is 0 Å². The molecule has 1 aromatic heterocycles. The van der Waals surface area contributed by atoms with E-state index >= 15 is 0 Å². The van der Waals surface area contributed by atoms with Gasteiger partial charge in [-0.1, -0.05) is 13.3 Å². The van der Waals surface area contributed by atoms with Gasteiger partial charge in [0.25, 0.3) is 0 Å². The molecule has 1 heterocycles. The number of hydrogen-bond acceptors (Lipinski definition) is 3. The van der Waals surface area contributed by atoms with Gasteiger partial charge in [-0.25, -0.2) is 0 Å². The van der Waals surface area contributed by atoms with Gasteiger partial charge in [-0.3, -0.25) is 9.97 Å². The molecule has 0 saturated carbocycles. The molecule has 0 fully saturated rings. The summed E-state index contributed by atoms with van der Waals surface area (Å²) in [5.41, 5.74) is 6.83. The minimum atomic E-state index is 0.228. The lowest BCUT2D eigenvalue weighted by Gasteiger charge is -2.07. The summed E-state index contributed by atoms with van der Waals surface area (Å²) in [6.45, 7) is 2.14. The number of nitrogens with zero attached hydrogens (tertiary/aromatic N) is 2. The summed E-state index contributed by atoms with van der Waals surface area (Å²) in [4.78, 5) is 8.14. The fraction of sp³-hybridized carbons (Fsp3) is 0.556. The van der Waals surface area contributed by atoms with Gasteiger partial charge < -0.3 is 5.73 Å². The van der Waals surface area contributed by atoms with Crippen LogP contribution < -0.4 is 5.73 Å². The molecule has 1 atom stereocenters. The van der Waals surface area contributed by atoms with Crippen LogP contribution in [-0.4, -0.2) is 16.0 Å². The van der Waals surface area contributed by atoms with E-state index in [0.29, 0.717) is 0 Å². The second kappa shape index (κ2) is 4.83. The van der Waals surface area contributed by atoms with Gasteiger partial charge in [-0.05, 0) is 6.42 Å². The zero-order chi connectivity index (χ0) is 8.81. The molecular formula is C9H15N3. The Hall–Kier alpha value is -0.960. The molecule has 0 aliphatic rings. The van der Waals surface area contributed by atoms with Gasteiger partial charge in [0.2, 0.25) is 0 Å². The summed E-state index contributed by atoms with van der Waals surface area (Å²) in [5, 5.41) is 0. The zero-order valence-corrected chi connectivity index (χ0v) is 7.40. The fourth-order valence-corrected chi connectivity index (χ4v) is 1.18. The third-order valence-electron chi connectivity index (χ3n) is 1.75. The van der Waals surface area contributed by atoms with Crippen molar-refractivity contribution in [1.82, 2.24) is 9.97 Å². The van der Waals surface area contributed by atoms with E-state index in [-0.39, 0.29) is 6.04 Å². The highest BCUT2D eigenvalue weighted by Gasteiger charge is 2.02. The molecule has 1 aromatic rings. The fourth-order valence-electron chi connectivity index (χ4n) is 1.18. The molecule has 1 unspecified atom stereocenters. The second-order valence-electron chi connectivity index (χ2n) is 2.95. The Morgan fingerprint density at radius 3 is 2.92 bits per heavy atom. The van der Waals surface area contributed by atoms with Crippen LogP contribution in [0.4, 0.5) is 0 Å². The highest BCUT2D eigenvalue weighted by atomic mass is 14.8. The number of aromatic nitrogens is 2. The quantitative estimate of drug-likeness (QED) is 0.728. The van der Waals surface area contributed by atoms with E-state index in [0.717, 1.165) is 25.0 Å². The van der Waals surface area contributed by atoms with Crippen LogP contribution in [0.1, 0.15) is 25.5 Å². The highest BCUT2D eigenvalue weighted by molar-refractivity contribution is 4.96. The summed E-state index contributed by atoms with van der Waals surface area (Å²) in [7, 11) is 0. The predicted octanol–water partition coefficient (Wildman–Crippen LogP) is 1.15. The van der Waals surface area contributed by atoms with Crippen LogP contribution in [0.25, 0.3) is 0 Å². The minimum Gasteiger partial charge on any atom is -0.327 e. The molecule has 0 amide bonds. The summed E-state index contributed by atoms with van der Waals surface area (Å²) in [5.74, 6) is 0. The molecule has 0 aliphatic carbocycles. The van der Waals surface area contributed by atoms with Crippen molar-refractivity contribution in [2.75, 3.05) is 0 Å². The minimum absolute atomic E-state index is 0.228. The maximum Gasteiger partial charge on any atom is 0.0602 e. The van der Waals surface area contributed by atoms with Crippen LogP contribution in [-0.2, 0) is 6.42 Å². The van der Waals surface area contributed by atoms with Gasteiger partial charge in [-0.15, -0.1) is 0 Å². The van der Waals surface area contributed by atoms with Crippen molar-refractivity contribution in [3.63, 3.8) is 0 Å². The van der Waals surface area contributed by atoms with Crippen LogP contribution in [0.5, 0.6) is 0 Å². The first-order valence-corrected chi connectivity index (χ1v) is 4.33. The first-order chi connectivity index (χ1) is 5.83. The number of hydrogen-bond donors (Lipinski definition) is 1. The van der Waals surface area contributed by atoms with Crippen molar-refractivity contribution in [2.45, 2.75) is 32.2 Å². The zero-order valence-electron chi connectivity index (χ0n) is 7.40. The monoisotopic (exact) mass is 165 g/mol. The molecule has 3 heteroatoms. The summed E-state index contributed by atoms with van der Waals surface area (Å²) in [6, 6.07) is 0.228. The Morgan fingerprint density at radius 1 is 1.50 bits per heavy atom. The molecule has 0 bridgehead atoms. The number of rotatable bonds is 4. The smallest absolute Gasteiger partial charge is 0.0602 e. The second-order valence-corrected chi connectivity index (χ2v) is 2.95. The molecule has 0 aromatic carbocycles. The van der Waals surface area contributed by atoms with E-state index in [1.165, 1.54) is 0 Å². The molecule has 3 nitrogen and oxygen atoms in total. The molecule has 0 aliphatic heterocycles. The average molecular weight is 165 g/mol. The lowest BCUT2D eigenvalue weighted by Crippen LogP contribution is -2.22. The topological polar surface area (TPSA) is 51.8 Å². The average Bonchev–Trinajstić information content (AvgIpc) is 2.06. The largest absolute Gasteiger partial charge is 0.327 e. The number of nitrogens with two attached hydrogens (primary N) is 1. The predicted molar refractivity (Wildman–Crippen MR) is 48.6 cm³/mol. The molecule has 66 valence electrons. The summed E-state index contributed by atoms with van der Waals surface area (Å²) >= 11 is 0. The Labute approximate surface area is 73.0 Å².